The summed E-state index contributed by atoms with van der Waals surface area (Å²) in [6.45, 7) is 9.10. The number of nitrogens with zero attached hydrogens (tertiary/aromatic N) is 2. The Bertz CT molecular complexity index is 1400. The third-order valence-electron chi connectivity index (χ3n) is 6.50. The van der Waals surface area contributed by atoms with Crippen molar-refractivity contribution in [3.05, 3.63) is 89.5 Å². The Morgan fingerprint density at radius 1 is 0.925 bits per heavy atom. The van der Waals surface area contributed by atoms with Gasteiger partial charge in [0, 0.05) is 12.6 Å². The minimum absolute atomic E-state index is 0.0245. The molecular weight excluding hydrogens is 526 g/mol. The minimum Gasteiger partial charge on any atom is -0.497 e. The number of amides is 2. The number of anilines is 1. The minimum atomic E-state index is -4.14. The summed E-state index contributed by atoms with van der Waals surface area (Å²) in [7, 11) is -2.64. The van der Waals surface area contributed by atoms with Crippen molar-refractivity contribution in [2.75, 3.05) is 18.0 Å². The third-order valence-corrected chi connectivity index (χ3v) is 8.29. The SMILES string of the molecule is CCC(C(=O)NC(C)C)N(Cc1cccc(C)c1)C(=O)CN(c1ccc(C)cc1)S(=O)(=O)c1ccc(OC)cc1. The van der Waals surface area contributed by atoms with Crippen LogP contribution in [0.15, 0.2) is 77.7 Å². The Morgan fingerprint density at radius 3 is 2.12 bits per heavy atom. The summed E-state index contributed by atoms with van der Waals surface area (Å²) in [5, 5.41) is 2.91. The van der Waals surface area contributed by atoms with Crippen LogP contribution in [0.25, 0.3) is 0 Å². The molecule has 1 atom stereocenters. The van der Waals surface area contributed by atoms with Crippen LogP contribution in [-0.4, -0.2) is 50.9 Å². The van der Waals surface area contributed by atoms with Gasteiger partial charge in [0.15, 0.2) is 0 Å². The van der Waals surface area contributed by atoms with Crippen molar-refractivity contribution >= 4 is 27.5 Å². The first kappa shape index (κ1) is 30.7. The molecule has 3 aromatic carbocycles. The second kappa shape index (κ2) is 13.5. The molecule has 8 nitrogen and oxygen atoms in total. The van der Waals surface area contributed by atoms with Crippen LogP contribution in [0.1, 0.15) is 43.9 Å². The first-order chi connectivity index (χ1) is 19.0. The number of hydrogen-bond acceptors (Lipinski definition) is 5. The lowest BCUT2D eigenvalue weighted by atomic mass is 10.1. The molecule has 0 bridgehead atoms. The summed E-state index contributed by atoms with van der Waals surface area (Å²) < 4.78 is 34.2. The van der Waals surface area contributed by atoms with E-state index in [2.05, 4.69) is 5.32 Å². The highest BCUT2D eigenvalue weighted by atomic mass is 32.2. The molecule has 0 fully saturated rings. The molecule has 0 aliphatic heterocycles. The number of nitrogens with one attached hydrogen (secondary N) is 1. The van der Waals surface area contributed by atoms with Crippen molar-refractivity contribution in [3.8, 4) is 5.75 Å². The van der Waals surface area contributed by atoms with E-state index in [1.807, 2.05) is 58.9 Å². The molecule has 0 aliphatic carbocycles. The van der Waals surface area contributed by atoms with Crippen molar-refractivity contribution in [1.82, 2.24) is 10.2 Å². The zero-order valence-corrected chi connectivity index (χ0v) is 24.9. The van der Waals surface area contributed by atoms with Crippen LogP contribution < -0.4 is 14.4 Å². The Morgan fingerprint density at radius 2 is 1.57 bits per heavy atom. The van der Waals surface area contributed by atoms with Gasteiger partial charge in [-0.2, -0.15) is 0 Å². The molecule has 3 aromatic rings. The molecule has 1 unspecified atom stereocenters. The molecule has 214 valence electrons. The van der Waals surface area contributed by atoms with Gasteiger partial charge in [0.2, 0.25) is 11.8 Å². The van der Waals surface area contributed by atoms with Gasteiger partial charge in [0.05, 0.1) is 17.7 Å². The molecule has 0 aromatic heterocycles. The summed E-state index contributed by atoms with van der Waals surface area (Å²) in [5.41, 5.74) is 3.18. The van der Waals surface area contributed by atoms with E-state index in [9.17, 15) is 18.0 Å². The molecular formula is C31H39N3O5S. The van der Waals surface area contributed by atoms with Gasteiger partial charge in [-0.3, -0.25) is 13.9 Å². The van der Waals surface area contributed by atoms with Gasteiger partial charge in [0.25, 0.3) is 10.0 Å². The van der Waals surface area contributed by atoms with E-state index in [0.717, 1.165) is 21.0 Å². The largest absolute Gasteiger partial charge is 0.497 e. The zero-order valence-electron chi connectivity index (χ0n) is 24.0. The summed E-state index contributed by atoms with van der Waals surface area (Å²) in [5.74, 6) is -0.244. The quantitative estimate of drug-likeness (QED) is 0.339. The number of rotatable bonds is 12. The average Bonchev–Trinajstić information content (AvgIpc) is 2.91. The number of benzene rings is 3. The van der Waals surface area contributed by atoms with Crippen molar-refractivity contribution in [3.63, 3.8) is 0 Å². The Balaban J connectivity index is 2.06. The fourth-order valence-corrected chi connectivity index (χ4v) is 5.84. The van der Waals surface area contributed by atoms with Crippen molar-refractivity contribution in [1.29, 1.82) is 0 Å². The second-order valence-electron chi connectivity index (χ2n) is 10.1. The van der Waals surface area contributed by atoms with Crippen LogP contribution in [0, 0.1) is 13.8 Å². The summed E-state index contributed by atoms with van der Waals surface area (Å²) >= 11 is 0. The van der Waals surface area contributed by atoms with Crippen LogP contribution in [0.4, 0.5) is 5.69 Å². The molecule has 3 rings (SSSR count). The van der Waals surface area contributed by atoms with E-state index in [1.54, 1.807) is 36.4 Å². The number of carbonyl (C=O) groups is 2. The van der Waals surface area contributed by atoms with Gasteiger partial charge in [-0.15, -0.1) is 0 Å². The molecule has 1 N–H and O–H groups in total. The molecule has 0 heterocycles. The molecule has 9 heteroatoms. The second-order valence-corrected chi connectivity index (χ2v) is 12.0. The van der Waals surface area contributed by atoms with Gasteiger partial charge in [-0.25, -0.2) is 8.42 Å². The van der Waals surface area contributed by atoms with E-state index in [-0.39, 0.29) is 23.4 Å². The highest BCUT2D eigenvalue weighted by Crippen LogP contribution is 2.26. The topological polar surface area (TPSA) is 96.0 Å². The Hall–Kier alpha value is -3.85. The first-order valence-corrected chi connectivity index (χ1v) is 14.8. The van der Waals surface area contributed by atoms with E-state index in [0.29, 0.717) is 17.9 Å². The average molecular weight is 566 g/mol. The van der Waals surface area contributed by atoms with Crippen LogP contribution in [0.2, 0.25) is 0 Å². The maximum atomic E-state index is 14.1. The number of methoxy groups -OCH3 is 1. The first-order valence-electron chi connectivity index (χ1n) is 13.3. The molecule has 0 saturated carbocycles. The van der Waals surface area contributed by atoms with Crippen molar-refractivity contribution in [2.24, 2.45) is 0 Å². The number of carbonyl (C=O) groups excluding carboxylic acids is 2. The van der Waals surface area contributed by atoms with Gasteiger partial charge >= 0.3 is 0 Å². The third kappa shape index (κ3) is 7.63. The highest BCUT2D eigenvalue weighted by Gasteiger charge is 2.33. The zero-order chi connectivity index (χ0) is 29.4. The van der Waals surface area contributed by atoms with Crippen LogP contribution in [0.3, 0.4) is 0 Å². The predicted molar refractivity (Wildman–Crippen MR) is 158 cm³/mol. The van der Waals surface area contributed by atoms with E-state index in [1.165, 1.54) is 24.1 Å². The van der Waals surface area contributed by atoms with Crippen LogP contribution >= 0.6 is 0 Å². The van der Waals surface area contributed by atoms with Gasteiger partial charge in [-0.05, 0) is 76.1 Å². The summed E-state index contributed by atoms with van der Waals surface area (Å²) in [6.07, 6.45) is 0.367. The number of hydrogen-bond donors (Lipinski definition) is 1. The Kier molecular flexibility index (Phi) is 10.3. The normalized spacial score (nSPS) is 12.1. The fourth-order valence-electron chi connectivity index (χ4n) is 4.42. The van der Waals surface area contributed by atoms with Crippen molar-refractivity contribution in [2.45, 2.75) is 64.6 Å². The molecule has 0 aliphatic rings. The summed E-state index contributed by atoms with van der Waals surface area (Å²) in [4.78, 5) is 28.8. The number of aryl methyl sites for hydroxylation is 2. The van der Waals surface area contributed by atoms with Gasteiger partial charge < -0.3 is 15.0 Å². The maximum Gasteiger partial charge on any atom is 0.264 e. The standard InChI is InChI=1S/C31H39N3O5S/c1-7-29(31(36)32-22(2)3)33(20-25-10-8-9-24(5)19-25)30(35)21-34(26-13-11-23(4)12-14-26)40(37,38)28-17-15-27(39-6)16-18-28/h8-19,22,29H,7,20-21H2,1-6H3,(H,32,36). The van der Waals surface area contributed by atoms with Gasteiger partial charge in [-0.1, -0.05) is 54.4 Å². The lowest BCUT2D eigenvalue weighted by Crippen LogP contribution is -2.53. The highest BCUT2D eigenvalue weighted by molar-refractivity contribution is 7.92. The fraction of sp³-hybridized carbons (Fsp3) is 0.355. The predicted octanol–water partition coefficient (Wildman–Crippen LogP) is 4.84. The maximum absolute atomic E-state index is 14.1. The van der Waals surface area contributed by atoms with Crippen LogP contribution in [0.5, 0.6) is 5.75 Å². The van der Waals surface area contributed by atoms with Gasteiger partial charge in [0.1, 0.15) is 18.3 Å². The molecule has 2 amide bonds. The van der Waals surface area contributed by atoms with E-state index < -0.39 is 28.5 Å². The number of ether oxygens (including phenoxy) is 1. The Labute approximate surface area is 238 Å². The molecule has 0 radical (unpaired) electrons. The molecule has 0 spiro atoms. The lowest BCUT2D eigenvalue weighted by molar-refractivity contribution is -0.140. The molecule has 40 heavy (non-hydrogen) atoms. The van der Waals surface area contributed by atoms with E-state index >= 15 is 0 Å². The smallest absolute Gasteiger partial charge is 0.264 e. The van der Waals surface area contributed by atoms with Crippen molar-refractivity contribution < 1.29 is 22.7 Å². The monoisotopic (exact) mass is 565 g/mol. The van der Waals surface area contributed by atoms with Crippen LogP contribution in [-0.2, 0) is 26.2 Å². The summed E-state index contributed by atoms with van der Waals surface area (Å²) in [6, 6.07) is 19.8. The van der Waals surface area contributed by atoms with E-state index in [4.69, 9.17) is 4.74 Å². The number of sulfonamides is 1. The molecule has 0 saturated heterocycles. The lowest BCUT2D eigenvalue weighted by Gasteiger charge is -2.33.